The van der Waals surface area contributed by atoms with Crippen LogP contribution >= 0.6 is 0 Å². The number of aliphatic hydroxyl groups is 1. The van der Waals surface area contributed by atoms with Crippen LogP contribution in [-0.4, -0.2) is 28.9 Å². The lowest BCUT2D eigenvalue weighted by Gasteiger charge is -2.15. The maximum atomic E-state index is 10.4. The Bertz CT molecular complexity index is 722. The number of rotatable bonds is 7. The van der Waals surface area contributed by atoms with Gasteiger partial charge in [-0.3, -0.25) is 0 Å². The summed E-state index contributed by atoms with van der Waals surface area (Å²) in [4.78, 5) is 0. The van der Waals surface area contributed by atoms with Gasteiger partial charge in [-0.1, -0.05) is 50.2 Å². The number of hydrogen-bond acceptors (Lipinski definition) is 2. The summed E-state index contributed by atoms with van der Waals surface area (Å²) in [6.45, 7) is 6.64. The fourth-order valence-electron chi connectivity index (χ4n) is 3.13. The SMILES string of the molecule is CC(C)CCNC[C@@H](O)Cn1c2ccccc2c2ccccc21. The predicted octanol–water partition coefficient (Wildman–Crippen LogP) is 3.79. The Hall–Kier alpha value is -1.84. The molecule has 2 aromatic carbocycles. The molecule has 3 heteroatoms. The Labute approximate surface area is 137 Å². The Kier molecular flexibility index (Phi) is 4.99. The zero-order chi connectivity index (χ0) is 16.2. The molecular formula is C20H26N2O. The first-order valence-corrected chi connectivity index (χ1v) is 8.51. The van der Waals surface area contributed by atoms with Crippen molar-refractivity contribution in [1.82, 2.24) is 9.88 Å². The van der Waals surface area contributed by atoms with E-state index in [4.69, 9.17) is 0 Å². The molecule has 0 aliphatic rings. The lowest BCUT2D eigenvalue weighted by molar-refractivity contribution is 0.154. The van der Waals surface area contributed by atoms with Crippen LogP contribution in [-0.2, 0) is 6.54 Å². The van der Waals surface area contributed by atoms with E-state index in [0.29, 0.717) is 19.0 Å². The largest absolute Gasteiger partial charge is 0.390 e. The smallest absolute Gasteiger partial charge is 0.0843 e. The molecule has 0 aliphatic carbocycles. The summed E-state index contributed by atoms with van der Waals surface area (Å²) < 4.78 is 2.24. The molecule has 23 heavy (non-hydrogen) atoms. The molecule has 3 nitrogen and oxygen atoms in total. The molecule has 1 aromatic heterocycles. The number of nitrogens with zero attached hydrogens (tertiary/aromatic N) is 1. The second-order valence-corrected chi connectivity index (χ2v) is 6.69. The molecule has 0 spiro atoms. The van der Waals surface area contributed by atoms with Crippen LogP contribution in [0.5, 0.6) is 0 Å². The first-order valence-electron chi connectivity index (χ1n) is 8.51. The lowest BCUT2D eigenvalue weighted by Crippen LogP contribution is -2.31. The number of benzene rings is 2. The molecule has 0 aliphatic heterocycles. The van der Waals surface area contributed by atoms with Crippen LogP contribution < -0.4 is 5.32 Å². The highest BCUT2D eigenvalue weighted by Crippen LogP contribution is 2.28. The average molecular weight is 310 g/mol. The molecule has 122 valence electrons. The Morgan fingerprint density at radius 2 is 1.52 bits per heavy atom. The van der Waals surface area contributed by atoms with Crippen molar-refractivity contribution in [3.63, 3.8) is 0 Å². The minimum atomic E-state index is -0.388. The maximum absolute atomic E-state index is 10.4. The summed E-state index contributed by atoms with van der Waals surface area (Å²) in [5.41, 5.74) is 2.38. The van der Waals surface area contributed by atoms with Crippen molar-refractivity contribution in [3.8, 4) is 0 Å². The number of aliphatic hydroxyl groups excluding tert-OH is 1. The standard InChI is InChI=1S/C20H26N2O/c1-15(2)11-12-21-13-16(23)14-22-19-9-5-3-7-17(19)18-8-4-6-10-20(18)22/h3-10,15-16,21,23H,11-14H2,1-2H3/t16-/m1/s1. The first kappa shape index (κ1) is 16.0. The molecule has 0 bridgehead atoms. The molecule has 1 heterocycles. The van der Waals surface area contributed by atoms with Gasteiger partial charge in [0, 0.05) is 28.4 Å². The number of hydrogen-bond donors (Lipinski definition) is 2. The van der Waals surface area contributed by atoms with Crippen molar-refractivity contribution in [2.24, 2.45) is 5.92 Å². The van der Waals surface area contributed by atoms with Crippen LogP contribution in [0.1, 0.15) is 20.3 Å². The van der Waals surface area contributed by atoms with E-state index in [1.807, 2.05) is 0 Å². The van der Waals surface area contributed by atoms with Gasteiger partial charge in [0.1, 0.15) is 0 Å². The lowest BCUT2D eigenvalue weighted by atomic mass is 10.1. The summed E-state index contributed by atoms with van der Waals surface area (Å²) in [6.07, 6.45) is 0.753. The third kappa shape index (κ3) is 3.57. The Morgan fingerprint density at radius 3 is 2.09 bits per heavy atom. The van der Waals surface area contributed by atoms with Gasteiger partial charge < -0.3 is 15.0 Å². The van der Waals surface area contributed by atoms with Crippen molar-refractivity contribution in [2.75, 3.05) is 13.1 Å². The van der Waals surface area contributed by atoms with Gasteiger partial charge in [-0.05, 0) is 31.0 Å². The van der Waals surface area contributed by atoms with E-state index in [-0.39, 0.29) is 6.10 Å². The highest BCUT2D eigenvalue weighted by molar-refractivity contribution is 6.07. The summed E-state index contributed by atoms with van der Waals surface area (Å²) in [5, 5.41) is 16.3. The molecule has 0 amide bonds. The summed E-state index contributed by atoms with van der Waals surface area (Å²) in [6, 6.07) is 16.8. The normalized spacial score (nSPS) is 13.2. The highest BCUT2D eigenvalue weighted by atomic mass is 16.3. The van der Waals surface area contributed by atoms with E-state index in [9.17, 15) is 5.11 Å². The molecule has 0 radical (unpaired) electrons. The minimum absolute atomic E-state index is 0.388. The van der Waals surface area contributed by atoms with Gasteiger partial charge in [-0.15, -0.1) is 0 Å². The van der Waals surface area contributed by atoms with Gasteiger partial charge in [0.05, 0.1) is 12.6 Å². The molecular weight excluding hydrogens is 284 g/mol. The van der Waals surface area contributed by atoms with Gasteiger partial charge in [0.25, 0.3) is 0 Å². The van der Waals surface area contributed by atoms with Crippen LogP contribution in [0.2, 0.25) is 0 Å². The zero-order valence-corrected chi connectivity index (χ0v) is 14.0. The van der Waals surface area contributed by atoms with Crippen LogP contribution in [0, 0.1) is 5.92 Å². The van der Waals surface area contributed by atoms with Crippen molar-refractivity contribution in [2.45, 2.75) is 32.9 Å². The number of para-hydroxylation sites is 2. The van der Waals surface area contributed by atoms with E-state index in [0.717, 1.165) is 13.0 Å². The molecule has 0 saturated heterocycles. The van der Waals surface area contributed by atoms with Crippen LogP contribution in [0.4, 0.5) is 0 Å². The molecule has 0 unspecified atom stereocenters. The molecule has 1 atom stereocenters. The zero-order valence-electron chi connectivity index (χ0n) is 14.0. The highest BCUT2D eigenvalue weighted by Gasteiger charge is 2.12. The summed E-state index contributed by atoms with van der Waals surface area (Å²) in [5.74, 6) is 0.692. The van der Waals surface area contributed by atoms with E-state index in [1.54, 1.807) is 0 Å². The number of aromatic nitrogens is 1. The predicted molar refractivity (Wildman–Crippen MR) is 97.8 cm³/mol. The Morgan fingerprint density at radius 1 is 0.957 bits per heavy atom. The third-order valence-electron chi connectivity index (χ3n) is 4.35. The van der Waals surface area contributed by atoms with Gasteiger partial charge in [0.15, 0.2) is 0 Å². The number of fused-ring (bicyclic) bond motifs is 3. The fourth-order valence-corrected chi connectivity index (χ4v) is 3.13. The van der Waals surface area contributed by atoms with Crippen molar-refractivity contribution < 1.29 is 5.11 Å². The molecule has 3 rings (SSSR count). The molecule has 0 fully saturated rings. The van der Waals surface area contributed by atoms with Crippen molar-refractivity contribution >= 4 is 21.8 Å². The topological polar surface area (TPSA) is 37.2 Å². The van der Waals surface area contributed by atoms with E-state index < -0.39 is 0 Å². The summed E-state index contributed by atoms with van der Waals surface area (Å²) >= 11 is 0. The number of nitrogens with one attached hydrogen (secondary N) is 1. The maximum Gasteiger partial charge on any atom is 0.0843 e. The molecule has 0 saturated carbocycles. The fraction of sp³-hybridized carbons (Fsp3) is 0.400. The molecule has 3 aromatic rings. The third-order valence-corrected chi connectivity index (χ3v) is 4.35. The van der Waals surface area contributed by atoms with Crippen LogP contribution in [0.25, 0.3) is 21.8 Å². The van der Waals surface area contributed by atoms with Gasteiger partial charge in [-0.25, -0.2) is 0 Å². The second-order valence-electron chi connectivity index (χ2n) is 6.69. The van der Waals surface area contributed by atoms with Crippen molar-refractivity contribution in [3.05, 3.63) is 48.5 Å². The van der Waals surface area contributed by atoms with E-state index in [1.165, 1.54) is 21.8 Å². The van der Waals surface area contributed by atoms with E-state index in [2.05, 4.69) is 72.3 Å². The Balaban J connectivity index is 1.79. The molecule has 2 N–H and O–H groups in total. The second kappa shape index (κ2) is 7.16. The average Bonchev–Trinajstić information content (AvgIpc) is 2.86. The quantitative estimate of drug-likeness (QED) is 0.652. The van der Waals surface area contributed by atoms with Crippen LogP contribution in [0.15, 0.2) is 48.5 Å². The van der Waals surface area contributed by atoms with Gasteiger partial charge in [-0.2, -0.15) is 0 Å². The van der Waals surface area contributed by atoms with Gasteiger partial charge >= 0.3 is 0 Å². The van der Waals surface area contributed by atoms with Gasteiger partial charge in [0.2, 0.25) is 0 Å². The van der Waals surface area contributed by atoms with Crippen LogP contribution in [0.3, 0.4) is 0 Å². The first-order chi connectivity index (χ1) is 11.2. The summed E-state index contributed by atoms with van der Waals surface area (Å²) in [7, 11) is 0. The minimum Gasteiger partial charge on any atom is -0.390 e. The van der Waals surface area contributed by atoms with E-state index >= 15 is 0 Å². The monoisotopic (exact) mass is 310 g/mol. The van der Waals surface area contributed by atoms with Crippen molar-refractivity contribution in [1.29, 1.82) is 0 Å².